The van der Waals surface area contributed by atoms with Crippen molar-refractivity contribution in [1.82, 2.24) is 0 Å². The maximum Gasteiger partial charge on any atom is 0.0563 e. The molecule has 1 aromatic rings. The third-order valence-corrected chi connectivity index (χ3v) is 3.48. The van der Waals surface area contributed by atoms with Gasteiger partial charge in [0.05, 0.1) is 19.8 Å². The van der Waals surface area contributed by atoms with Crippen LogP contribution in [0.4, 0.5) is 0 Å². The van der Waals surface area contributed by atoms with Crippen LogP contribution in [0.3, 0.4) is 0 Å². The Morgan fingerprint density at radius 1 is 0.789 bits per heavy atom. The van der Waals surface area contributed by atoms with Gasteiger partial charge in [0, 0.05) is 10.8 Å². The fourth-order valence-corrected chi connectivity index (χ4v) is 1.63. The minimum Gasteiger partial charge on any atom is -0.396 e. The van der Waals surface area contributed by atoms with Gasteiger partial charge in [-0.15, -0.1) is 13.2 Å². The van der Waals surface area contributed by atoms with E-state index in [1.54, 1.807) is 6.92 Å². The zero-order valence-electron chi connectivity index (χ0n) is 11.5. The average Bonchev–Trinajstić information content (AvgIpc) is 2.51. The van der Waals surface area contributed by atoms with Crippen LogP contribution >= 0.6 is 0 Å². The summed E-state index contributed by atoms with van der Waals surface area (Å²) in [6.45, 7) is 8.15. The predicted octanol–water partition coefficient (Wildman–Crippen LogP) is 2.01. The lowest BCUT2D eigenvalue weighted by molar-refractivity contribution is -0.0220. The summed E-state index contributed by atoms with van der Waals surface area (Å²) < 4.78 is 0. The summed E-state index contributed by atoms with van der Waals surface area (Å²) in [5.41, 5.74) is -1.66. The number of aliphatic hydroxyl groups excluding tert-OH is 3. The summed E-state index contributed by atoms with van der Waals surface area (Å²) in [7, 11) is 0. The van der Waals surface area contributed by atoms with Crippen molar-refractivity contribution in [3.8, 4) is 0 Å². The molecule has 19 heavy (non-hydrogen) atoms. The molecule has 0 aromatic heterocycles. The third-order valence-electron chi connectivity index (χ3n) is 3.48. The van der Waals surface area contributed by atoms with Crippen LogP contribution < -0.4 is 0 Å². The Bertz CT molecular complexity index is 321. The minimum atomic E-state index is -0.837. The number of hydrogen-bond acceptors (Lipinski definition) is 3. The van der Waals surface area contributed by atoms with Gasteiger partial charge in [-0.1, -0.05) is 55.5 Å². The molecule has 0 saturated heterocycles. The molecule has 3 heteroatoms. The Kier molecular flexibility index (Phi) is 8.00. The van der Waals surface area contributed by atoms with Gasteiger partial charge in [-0.05, 0) is 0 Å². The first-order valence-electron chi connectivity index (χ1n) is 6.15. The minimum absolute atomic E-state index is 0.225. The lowest BCUT2D eigenvalue weighted by Crippen LogP contribution is -2.45. The standard InChI is InChI=1S/C10H18O3.C6H6/c1-4-10(5-2,8-13)9(3,6-11)7-12;1-2-4-6-5-3-1/h4-5,11-13H,1-2,6-8H2,3H3;1-6H. The van der Waals surface area contributed by atoms with Gasteiger partial charge in [-0.25, -0.2) is 0 Å². The molecule has 0 atom stereocenters. The van der Waals surface area contributed by atoms with Crippen molar-refractivity contribution >= 4 is 0 Å². The highest BCUT2D eigenvalue weighted by molar-refractivity contribution is 5.14. The molecule has 3 N–H and O–H groups in total. The first-order valence-corrected chi connectivity index (χ1v) is 6.15. The van der Waals surface area contributed by atoms with Gasteiger partial charge in [0.25, 0.3) is 0 Å². The molecule has 106 valence electrons. The molecule has 0 unspecified atom stereocenters. The summed E-state index contributed by atoms with van der Waals surface area (Å²) >= 11 is 0. The van der Waals surface area contributed by atoms with Gasteiger partial charge < -0.3 is 15.3 Å². The fraction of sp³-hybridized carbons (Fsp3) is 0.375. The van der Waals surface area contributed by atoms with Crippen molar-refractivity contribution in [3.05, 3.63) is 61.7 Å². The van der Waals surface area contributed by atoms with E-state index in [2.05, 4.69) is 13.2 Å². The predicted molar refractivity (Wildman–Crippen MR) is 78.6 cm³/mol. The summed E-state index contributed by atoms with van der Waals surface area (Å²) in [6, 6.07) is 12.0. The Morgan fingerprint density at radius 2 is 1.11 bits per heavy atom. The van der Waals surface area contributed by atoms with Crippen LogP contribution in [0.5, 0.6) is 0 Å². The zero-order chi connectivity index (χ0) is 14.8. The maximum absolute atomic E-state index is 9.21. The normalized spacial score (nSPS) is 11.2. The molecule has 0 aliphatic heterocycles. The largest absolute Gasteiger partial charge is 0.396 e. The van der Waals surface area contributed by atoms with E-state index in [4.69, 9.17) is 10.2 Å². The first-order chi connectivity index (χ1) is 9.05. The van der Waals surface area contributed by atoms with Gasteiger partial charge >= 0.3 is 0 Å². The monoisotopic (exact) mass is 264 g/mol. The smallest absolute Gasteiger partial charge is 0.0563 e. The molecule has 0 spiro atoms. The van der Waals surface area contributed by atoms with Gasteiger partial charge in [-0.2, -0.15) is 0 Å². The number of rotatable bonds is 6. The zero-order valence-corrected chi connectivity index (χ0v) is 11.5. The highest BCUT2D eigenvalue weighted by atomic mass is 16.3. The van der Waals surface area contributed by atoms with Crippen LogP contribution in [-0.2, 0) is 0 Å². The van der Waals surface area contributed by atoms with Gasteiger partial charge in [-0.3, -0.25) is 0 Å². The summed E-state index contributed by atoms with van der Waals surface area (Å²) in [5.74, 6) is 0. The lowest BCUT2D eigenvalue weighted by Gasteiger charge is -2.41. The fourth-order valence-electron chi connectivity index (χ4n) is 1.63. The van der Waals surface area contributed by atoms with E-state index in [1.165, 1.54) is 12.2 Å². The van der Waals surface area contributed by atoms with Gasteiger partial charge in [0.15, 0.2) is 0 Å². The lowest BCUT2D eigenvalue weighted by atomic mass is 9.65. The molecular weight excluding hydrogens is 240 g/mol. The summed E-state index contributed by atoms with van der Waals surface area (Å²) in [6.07, 6.45) is 3.01. The first kappa shape index (κ1) is 17.6. The molecule has 0 aliphatic carbocycles. The van der Waals surface area contributed by atoms with Crippen LogP contribution in [0.2, 0.25) is 0 Å². The molecule has 0 fully saturated rings. The molecular formula is C16H24O3. The van der Waals surface area contributed by atoms with E-state index in [0.717, 1.165) is 0 Å². The summed E-state index contributed by atoms with van der Waals surface area (Å²) in [5, 5.41) is 27.5. The highest BCUT2D eigenvalue weighted by Gasteiger charge is 2.42. The van der Waals surface area contributed by atoms with E-state index in [-0.39, 0.29) is 19.8 Å². The van der Waals surface area contributed by atoms with Crippen LogP contribution in [0, 0.1) is 10.8 Å². The number of benzene rings is 1. The van der Waals surface area contributed by atoms with Crippen molar-refractivity contribution in [3.63, 3.8) is 0 Å². The molecule has 0 amide bonds. The van der Waals surface area contributed by atoms with Crippen molar-refractivity contribution in [2.24, 2.45) is 10.8 Å². The molecule has 0 bridgehead atoms. The number of hydrogen-bond donors (Lipinski definition) is 3. The van der Waals surface area contributed by atoms with E-state index in [1.807, 2.05) is 36.4 Å². The molecule has 1 aromatic carbocycles. The second kappa shape index (κ2) is 8.64. The molecule has 0 aliphatic rings. The van der Waals surface area contributed by atoms with Crippen LogP contribution in [0.25, 0.3) is 0 Å². The van der Waals surface area contributed by atoms with E-state index in [0.29, 0.717) is 0 Å². The second-order valence-corrected chi connectivity index (χ2v) is 4.64. The van der Waals surface area contributed by atoms with Crippen LogP contribution in [0.1, 0.15) is 6.92 Å². The Balaban J connectivity index is 0.000000443. The number of aliphatic hydroxyl groups is 3. The topological polar surface area (TPSA) is 60.7 Å². The molecule has 0 radical (unpaired) electrons. The SMILES string of the molecule is C=CC(C=C)(CO)C(C)(CO)CO.c1ccccc1. The van der Waals surface area contributed by atoms with Crippen molar-refractivity contribution in [2.75, 3.05) is 19.8 Å². The molecule has 0 saturated carbocycles. The Morgan fingerprint density at radius 3 is 1.21 bits per heavy atom. The Hall–Kier alpha value is -1.42. The van der Waals surface area contributed by atoms with Crippen molar-refractivity contribution in [1.29, 1.82) is 0 Å². The Labute approximate surface area is 115 Å². The van der Waals surface area contributed by atoms with Crippen molar-refractivity contribution in [2.45, 2.75) is 6.92 Å². The summed E-state index contributed by atoms with van der Waals surface area (Å²) in [4.78, 5) is 0. The van der Waals surface area contributed by atoms with E-state index >= 15 is 0 Å². The highest BCUT2D eigenvalue weighted by Crippen LogP contribution is 2.40. The van der Waals surface area contributed by atoms with Crippen LogP contribution in [0.15, 0.2) is 61.7 Å². The van der Waals surface area contributed by atoms with E-state index in [9.17, 15) is 5.11 Å². The van der Waals surface area contributed by atoms with Gasteiger partial charge in [0.2, 0.25) is 0 Å². The molecule has 3 nitrogen and oxygen atoms in total. The van der Waals surface area contributed by atoms with Gasteiger partial charge in [0.1, 0.15) is 0 Å². The average molecular weight is 264 g/mol. The molecule has 1 rings (SSSR count). The second-order valence-electron chi connectivity index (χ2n) is 4.64. The quantitative estimate of drug-likeness (QED) is 0.689. The maximum atomic E-state index is 9.21. The van der Waals surface area contributed by atoms with E-state index < -0.39 is 10.8 Å². The third kappa shape index (κ3) is 4.31. The molecule has 0 heterocycles. The van der Waals surface area contributed by atoms with Crippen molar-refractivity contribution < 1.29 is 15.3 Å². The van der Waals surface area contributed by atoms with Crippen LogP contribution in [-0.4, -0.2) is 35.1 Å².